The van der Waals surface area contributed by atoms with Crippen LogP contribution in [0.15, 0.2) is 46.8 Å². The SMILES string of the molecule is Cc1nc(N(C)C(=O)Nc2ccc(-c3cccn3C(=O)OC(C)(C)C)cc2)sc1S(=O)(=O)N(C)C. The van der Waals surface area contributed by atoms with Gasteiger partial charge in [-0.1, -0.05) is 23.5 Å². The Hall–Kier alpha value is -3.22. The second-order valence-corrected chi connectivity index (χ2v) is 12.3. The van der Waals surface area contributed by atoms with Crippen LogP contribution in [-0.4, -0.2) is 61.1 Å². The maximum atomic E-state index is 12.8. The number of aryl methyl sites for hydroxylation is 1. The normalized spacial score (nSPS) is 12.0. The third kappa shape index (κ3) is 5.89. The van der Waals surface area contributed by atoms with E-state index < -0.39 is 27.7 Å². The number of urea groups is 1. The van der Waals surface area contributed by atoms with E-state index in [-0.39, 0.29) is 9.34 Å². The van der Waals surface area contributed by atoms with Crippen LogP contribution < -0.4 is 10.2 Å². The number of hydrogen-bond donors (Lipinski definition) is 1. The van der Waals surface area contributed by atoms with Crippen LogP contribution in [-0.2, 0) is 14.8 Å². The molecule has 0 bridgehead atoms. The average Bonchev–Trinajstić information content (AvgIpc) is 3.39. The Morgan fingerprint density at radius 1 is 1.09 bits per heavy atom. The number of sulfonamides is 1. The highest BCUT2D eigenvalue weighted by Gasteiger charge is 2.26. The number of carbonyl (C=O) groups is 2. The third-order valence-corrected chi connectivity index (χ3v) is 8.46. The molecule has 0 aliphatic rings. The molecule has 0 aliphatic heterocycles. The molecule has 0 atom stereocenters. The topological polar surface area (TPSA) is 114 Å². The maximum Gasteiger partial charge on any atom is 0.418 e. The molecule has 1 N–H and O–H groups in total. The minimum absolute atomic E-state index is 0.0921. The average molecular weight is 520 g/mol. The summed E-state index contributed by atoms with van der Waals surface area (Å²) in [5, 5.41) is 3.02. The van der Waals surface area contributed by atoms with Crippen molar-refractivity contribution in [1.82, 2.24) is 13.9 Å². The van der Waals surface area contributed by atoms with Gasteiger partial charge in [-0.25, -0.2) is 27.3 Å². The smallest absolute Gasteiger partial charge is 0.418 e. The van der Waals surface area contributed by atoms with Crippen LogP contribution in [0, 0.1) is 6.92 Å². The Labute approximate surface area is 209 Å². The highest BCUT2D eigenvalue weighted by Crippen LogP contribution is 2.31. The number of thiazole rings is 1. The summed E-state index contributed by atoms with van der Waals surface area (Å²) in [6.45, 7) is 7.00. The van der Waals surface area contributed by atoms with Gasteiger partial charge in [-0.15, -0.1) is 0 Å². The van der Waals surface area contributed by atoms with Crippen molar-refractivity contribution < 1.29 is 22.7 Å². The van der Waals surface area contributed by atoms with Gasteiger partial charge in [-0.3, -0.25) is 9.47 Å². The predicted octanol–water partition coefficient (Wildman–Crippen LogP) is 4.62. The van der Waals surface area contributed by atoms with Crippen LogP contribution in [0.3, 0.4) is 0 Å². The Morgan fingerprint density at radius 3 is 2.29 bits per heavy atom. The summed E-state index contributed by atoms with van der Waals surface area (Å²) >= 11 is 0.928. The maximum absolute atomic E-state index is 12.8. The van der Waals surface area contributed by atoms with E-state index in [1.54, 1.807) is 70.3 Å². The van der Waals surface area contributed by atoms with Gasteiger partial charge in [0.05, 0.1) is 11.4 Å². The number of carbonyl (C=O) groups excluding carboxylic acids is 2. The zero-order chi connectivity index (χ0) is 26.1. The van der Waals surface area contributed by atoms with E-state index in [9.17, 15) is 18.0 Å². The van der Waals surface area contributed by atoms with Crippen LogP contribution in [0.1, 0.15) is 26.5 Å². The zero-order valence-corrected chi connectivity index (χ0v) is 22.3. The fourth-order valence-corrected chi connectivity index (χ4v) is 5.63. The van der Waals surface area contributed by atoms with Crippen molar-refractivity contribution >= 4 is 44.3 Å². The van der Waals surface area contributed by atoms with Gasteiger partial charge >= 0.3 is 12.1 Å². The predicted molar refractivity (Wildman–Crippen MR) is 137 cm³/mol. The first-order valence-corrected chi connectivity index (χ1v) is 12.9. The first-order chi connectivity index (χ1) is 16.2. The van der Waals surface area contributed by atoms with Gasteiger partial charge < -0.3 is 10.1 Å². The Bertz CT molecular complexity index is 1340. The first kappa shape index (κ1) is 26.4. The summed E-state index contributed by atoms with van der Waals surface area (Å²) in [4.78, 5) is 30.8. The van der Waals surface area contributed by atoms with Gasteiger partial charge in [0, 0.05) is 33.0 Å². The van der Waals surface area contributed by atoms with Crippen molar-refractivity contribution in [2.45, 2.75) is 37.5 Å². The van der Waals surface area contributed by atoms with E-state index in [0.717, 1.165) is 21.2 Å². The van der Waals surface area contributed by atoms with Crippen LogP contribution in [0.2, 0.25) is 0 Å². The van der Waals surface area contributed by atoms with Gasteiger partial charge in [0.2, 0.25) is 0 Å². The van der Waals surface area contributed by atoms with Gasteiger partial charge in [0.1, 0.15) is 5.60 Å². The molecule has 0 aliphatic carbocycles. The minimum Gasteiger partial charge on any atom is -0.443 e. The molecular formula is C23H29N5O5S2. The lowest BCUT2D eigenvalue weighted by molar-refractivity contribution is 0.0540. The molecule has 10 nitrogen and oxygen atoms in total. The first-order valence-electron chi connectivity index (χ1n) is 10.7. The van der Waals surface area contributed by atoms with Gasteiger partial charge in [0.25, 0.3) is 10.0 Å². The highest BCUT2D eigenvalue weighted by atomic mass is 32.2. The van der Waals surface area contributed by atoms with Crippen molar-refractivity contribution in [2.24, 2.45) is 0 Å². The van der Waals surface area contributed by atoms with Crippen molar-refractivity contribution in [3.63, 3.8) is 0 Å². The molecule has 2 amide bonds. The number of anilines is 2. The monoisotopic (exact) mass is 519 g/mol. The molecule has 1 aromatic carbocycles. The molecule has 2 aromatic heterocycles. The van der Waals surface area contributed by atoms with E-state index >= 15 is 0 Å². The number of amides is 2. The van der Waals surface area contributed by atoms with Gasteiger partial charge in [-0.05, 0) is 57.5 Å². The lowest BCUT2D eigenvalue weighted by Gasteiger charge is -2.20. The number of benzene rings is 1. The number of nitrogens with zero attached hydrogens (tertiary/aromatic N) is 4. The summed E-state index contributed by atoms with van der Waals surface area (Å²) in [6, 6.07) is 10.1. The van der Waals surface area contributed by atoms with E-state index in [0.29, 0.717) is 17.1 Å². The molecule has 188 valence electrons. The van der Waals surface area contributed by atoms with Crippen molar-refractivity contribution in [2.75, 3.05) is 31.4 Å². The van der Waals surface area contributed by atoms with Crippen LogP contribution >= 0.6 is 11.3 Å². The number of nitrogens with one attached hydrogen (secondary N) is 1. The van der Waals surface area contributed by atoms with E-state index in [1.165, 1.54) is 30.6 Å². The largest absolute Gasteiger partial charge is 0.443 e. The lowest BCUT2D eigenvalue weighted by Crippen LogP contribution is -2.31. The van der Waals surface area contributed by atoms with E-state index in [2.05, 4.69) is 10.3 Å². The molecule has 3 rings (SSSR count). The molecule has 0 unspecified atom stereocenters. The van der Waals surface area contributed by atoms with E-state index in [4.69, 9.17) is 4.74 Å². The summed E-state index contributed by atoms with van der Waals surface area (Å²) in [5.74, 6) is 0. The Kier molecular flexibility index (Phi) is 7.39. The summed E-state index contributed by atoms with van der Waals surface area (Å²) in [7, 11) is 0.747. The van der Waals surface area contributed by atoms with Crippen molar-refractivity contribution in [3.8, 4) is 11.3 Å². The molecule has 12 heteroatoms. The number of rotatable bonds is 5. The molecule has 0 radical (unpaired) electrons. The third-order valence-electron chi connectivity index (χ3n) is 4.82. The second kappa shape index (κ2) is 9.80. The molecule has 0 saturated heterocycles. The molecular weight excluding hydrogens is 490 g/mol. The molecule has 3 aromatic rings. The Balaban J connectivity index is 1.74. The van der Waals surface area contributed by atoms with Crippen LogP contribution in [0.25, 0.3) is 11.3 Å². The molecule has 2 heterocycles. The van der Waals surface area contributed by atoms with Crippen molar-refractivity contribution in [1.29, 1.82) is 0 Å². The number of aromatic nitrogens is 2. The van der Waals surface area contributed by atoms with Crippen molar-refractivity contribution in [3.05, 3.63) is 48.3 Å². The lowest BCUT2D eigenvalue weighted by atomic mass is 10.1. The van der Waals surface area contributed by atoms with Crippen LogP contribution in [0.4, 0.5) is 20.4 Å². The standard InChI is InChI=1S/C23H29N5O5S2/c1-15-19(35(31,32)26(5)6)34-21(24-15)27(7)20(29)25-17-12-10-16(11-13-17)18-9-8-14-28(18)22(30)33-23(2,3)4/h8-14H,1-7H3,(H,25,29). The molecule has 0 fully saturated rings. The van der Waals surface area contributed by atoms with Gasteiger partial charge in [-0.2, -0.15) is 0 Å². The second-order valence-electron chi connectivity index (χ2n) is 8.97. The fourth-order valence-electron chi connectivity index (χ4n) is 3.02. The zero-order valence-electron chi connectivity index (χ0n) is 20.7. The summed E-state index contributed by atoms with van der Waals surface area (Å²) < 4.78 is 33.0. The summed E-state index contributed by atoms with van der Waals surface area (Å²) in [6.07, 6.45) is 1.15. The van der Waals surface area contributed by atoms with Crippen LogP contribution in [0.5, 0.6) is 0 Å². The summed E-state index contributed by atoms with van der Waals surface area (Å²) in [5.41, 5.74) is 1.65. The Morgan fingerprint density at radius 2 is 1.71 bits per heavy atom. The quantitative estimate of drug-likeness (QED) is 0.526. The molecule has 35 heavy (non-hydrogen) atoms. The fraction of sp³-hybridized carbons (Fsp3) is 0.348. The number of hydrogen-bond acceptors (Lipinski definition) is 7. The molecule has 0 spiro atoms. The number of ether oxygens (including phenoxy) is 1. The van der Waals surface area contributed by atoms with E-state index in [1.807, 2.05) is 0 Å². The highest BCUT2D eigenvalue weighted by molar-refractivity contribution is 7.91. The van der Waals surface area contributed by atoms with Gasteiger partial charge in [0.15, 0.2) is 9.34 Å². The minimum atomic E-state index is -3.66. The molecule has 0 saturated carbocycles.